The maximum absolute atomic E-state index is 12.0. The van der Waals surface area contributed by atoms with E-state index in [1.54, 1.807) is 55.6 Å². The van der Waals surface area contributed by atoms with Gasteiger partial charge in [0.1, 0.15) is 0 Å². The highest BCUT2D eigenvalue weighted by Crippen LogP contribution is 2.19. The number of hydrogen-bond donors (Lipinski definition) is 2. The standard InChI is InChI=1S/C16H16ClN3O2/c1-11(21)20(2)15-8-4-7-14(10-15)19-16(22)18-13-6-3-5-12(17)9-13/h3-10H,1-2H3,(H2,18,19,22). The highest BCUT2D eigenvalue weighted by molar-refractivity contribution is 6.30. The zero-order valence-corrected chi connectivity index (χ0v) is 13.0. The Hall–Kier alpha value is -2.53. The SMILES string of the molecule is CC(=O)N(C)c1cccc(NC(=O)Nc2cccc(Cl)c2)c1. The zero-order chi connectivity index (χ0) is 16.1. The molecule has 5 nitrogen and oxygen atoms in total. The van der Waals surface area contributed by atoms with Crippen molar-refractivity contribution < 1.29 is 9.59 Å². The summed E-state index contributed by atoms with van der Waals surface area (Å²) in [5.41, 5.74) is 1.89. The smallest absolute Gasteiger partial charge is 0.316 e. The lowest BCUT2D eigenvalue weighted by Gasteiger charge is -2.16. The van der Waals surface area contributed by atoms with E-state index in [9.17, 15) is 9.59 Å². The van der Waals surface area contributed by atoms with Gasteiger partial charge in [-0.15, -0.1) is 0 Å². The Morgan fingerprint density at radius 2 is 1.59 bits per heavy atom. The Labute approximate surface area is 133 Å². The number of amides is 3. The van der Waals surface area contributed by atoms with E-state index in [2.05, 4.69) is 10.6 Å². The van der Waals surface area contributed by atoms with Gasteiger partial charge in [-0.2, -0.15) is 0 Å². The summed E-state index contributed by atoms with van der Waals surface area (Å²) in [5, 5.41) is 5.94. The molecule has 0 aliphatic heterocycles. The van der Waals surface area contributed by atoms with Crippen LogP contribution in [0.15, 0.2) is 48.5 Å². The molecule has 0 saturated heterocycles. The minimum atomic E-state index is -0.384. The summed E-state index contributed by atoms with van der Waals surface area (Å²) in [5.74, 6) is -0.0828. The van der Waals surface area contributed by atoms with Gasteiger partial charge in [0, 0.05) is 36.1 Å². The zero-order valence-electron chi connectivity index (χ0n) is 12.3. The van der Waals surface area contributed by atoms with Crippen LogP contribution in [0, 0.1) is 0 Å². The fourth-order valence-corrected chi connectivity index (χ4v) is 2.02. The lowest BCUT2D eigenvalue weighted by atomic mass is 10.2. The Kier molecular flexibility index (Phi) is 5.01. The van der Waals surface area contributed by atoms with E-state index in [0.717, 1.165) is 0 Å². The molecule has 0 aliphatic carbocycles. The van der Waals surface area contributed by atoms with Gasteiger partial charge in [0.2, 0.25) is 5.91 Å². The summed E-state index contributed by atoms with van der Waals surface area (Å²) in [7, 11) is 1.67. The molecule has 0 aliphatic rings. The van der Waals surface area contributed by atoms with Crippen molar-refractivity contribution in [2.75, 3.05) is 22.6 Å². The molecule has 0 aromatic heterocycles. The predicted octanol–water partition coefficient (Wildman–Crippen LogP) is 3.97. The lowest BCUT2D eigenvalue weighted by molar-refractivity contribution is -0.116. The predicted molar refractivity (Wildman–Crippen MR) is 89.6 cm³/mol. The van der Waals surface area contributed by atoms with Crippen molar-refractivity contribution in [1.82, 2.24) is 0 Å². The van der Waals surface area contributed by atoms with Gasteiger partial charge in [-0.3, -0.25) is 4.79 Å². The molecule has 2 N–H and O–H groups in total. The van der Waals surface area contributed by atoms with E-state index >= 15 is 0 Å². The maximum atomic E-state index is 12.0. The van der Waals surface area contributed by atoms with Crippen LogP contribution in [0.4, 0.5) is 21.9 Å². The van der Waals surface area contributed by atoms with Crippen molar-refractivity contribution in [2.24, 2.45) is 0 Å². The molecule has 3 amide bonds. The second-order valence-corrected chi connectivity index (χ2v) is 5.15. The summed E-state index contributed by atoms with van der Waals surface area (Å²) >= 11 is 5.86. The van der Waals surface area contributed by atoms with E-state index in [1.807, 2.05) is 0 Å². The molecule has 0 bridgehead atoms. The van der Waals surface area contributed by atoms with Crippen LogP contribution in [0.25, 0.3) is 0 Å². The van der Waals surface area contributed by atoms with E-state index < -0.39 is 0 Å². The molecule has 2 aromatic rings. The summed E-state index contributed by atoms with van der Waals surface area (Å²) in [6.07, 6.45) is 0. The van der Waals surface area contributed by atoms with Crippen LogP contribution in [-0.4, -0.2) is 19.0 Å². The molecule has 114 valence electrons. The number of hydrogen-bond acceptors (Lipinski definition) is 2. The topological polar surface area (TPSA) is 61.4 Å². The number of nitrogens with one attached hydrogen (secondary N) is 2. The second-order valence-electron chi connectivity index (χ2n) is 4.72. The number of halogens is 1. The van der Waals surface area contributed by atoms with Crippen LogP contribution < -0.4 is 15.5 Å². The van der Waals surface area contributed by atoms with Crippen LogP contribution in [0.5, 0.6) is 0 Å². The largest absolute Gasteiger partial charge is 0.323 e. The third-order valence-electron chi connectivity index (χ3n) is 3.05. The van der Waals surface area contributed by atoms with Crippen molar-refractivity contribution in [2.45, 2.75) is 6.92 Å². The molecule has 2 aromatic carbocycles. The number of carbonyl (C=O) groups excluding carboxylic acids is 2. The molecule has 2 rings (SSSR count). The molecule has 0 spiro atoms. The van der Waals surface area contributed by atoms with Gasteiger partial charge in [-0.25, -0.2) is 4.79 Å². The van der Waals surface area contributed by atoms with Crippen LogP contribution >= 0.6 is 11.6 Å². The molecule has 0 radical (unpaired) electrons. The number of urea groups is 1. The highest BCUT2D eigenvalue weighted by Gasteiger charge is 2.08. The third kappa shape index (κ3) is 4.23. The first-order valence-corrected chi connectivity index (χ1v) is 7.01. The number of carbonyl (C=O) groups is 2. The fraction of sp³-hybridized carbons (Fsp3) is 0.125. The first-order chi connectivity index (χ1) is 10.5. The Balaban J connectivity index is 2.05. The first kappa shape index (κ1) is 15.9. The molecular weight excluding hydrogens is 302 g/mol. The maximum Gasteiger partial charge on any atom is 0.323 e. The molecule has 0 heterocycles. The van der Waals surface area contributed by atoms with E-state index in [0.29, 0.717) is 22.1 Å². The van der Waals surface area contributed by atoms with Crippen molar-refractivity contribution in [3.8, 4) is 0 Å². The van der Waals surface area contributed by atoms with E-state index in [-0.39, 0.29) is 11.9 Å². The summed E-state index contributed by atoms with van der Waals surface area (Å²) < 4.78 is 0. The van der Waals surface area contributed by atoms with Crippen LogP contribution in [0.1, 0.15) is 6.92 Å². The Morgan fingerprint density at radius 3 is 2.18 bits per heavy atom. The molecular formula is C16H16ClN3O2. The normalized spacial score (nSPS) is 9.95. The van der Waals surface area contributed by atoms with Gasteiger partial charge < -0.3 is 15.5 Å². The number of nitrogens with zero attached hydrogens (tertiary/aromatic N) is 1. The van der Waals surface area contributed by atoms with Gasteiger partial charge in [0.05, 0.1) is 0 Å². The Morgan fingerprint density at radius 1 is 1.00 bits per heavy atom. The summed E-state index contributed by atoms with van der Waals surface area (Å²) in [6, 6.07) is 13.5. The quantitative estimate of drug-likeness (QED) is 0.900. The van der Waals surface area contributed by atoms with Gasteiger partial charge in [0.25, 0.3) is 0 Å². The molecule has 6 heteroatoms. The minimum absolute atomic E-state index is 0.0828. The van der Waals surface area contributed by atoms with Gasteiger partial charge in [-0.1, -0.05) is 23.7 Å². The number of anilines is 3. The van der Waals surface area contributed by atoms with Crippen molar-refractivity contribution in [3.05, 3.63) is 53.6 Å². The summed E-state index contributed by atoms with van der Waals surface area (Å²) in [6.45, 7) is 1.48. The number of rotatable bonds is 3. The molecule has 22 heavy (non-hydrogen) atoms. The average molecular weight is 318 g/mol. The van der Waals surface area contributed by atoms with Crippen molar-refractivity contribution >= 4 is 40.6 Å². The molecule has 0 atom stereocenters. The average Bonchev–Trinajstić information content (AvgIpc) is 2.46. The van der Waals surface area contributed by atoms with Crippen LogP contribution in [-0.2, 0) is 4.79 Å². The van der Waals surface area contributed by atoms with E-state index in [4.69, 9.17) is 11.6 Å². The second kappa shape index (κ2) is 6.95. The van der Waals surface area contributed by atoms with Crippen LogP contribution in [0.2, 0.25) is 5.02 Å². The monoisotopic (exact) mass is 317 g/mol. The van der Waals surface area contributed by atoms with Crippen molar-refractivity contribution in [3.63, 3.8) is 0 Å². The van der Waals surface area contributed by atoms with Crippen LogP contribution in [0.3, 0.4) is 0 Å². The summed E-state index contributed by atoms with van der Waals surface area (Å²) in [4.78, 5) is 24.8. The number of benzene rings is 2. The van der Waals surface area contributed by atoms with Gasteiger partial charge in [0.15, 0.2) is 0 Å². The highest BCUT2D eigenvalue weighted by atomic mass is 35.5. The van der Waals surface area contributed by atoms with Gasteiger partial charge in [-0.05, 0) is 36.4 Å². The fourth-order valence-electron chi connectivity index (χ4n) is 1.83. The van der Waals surface area contributed by atoms with Gasteiger partial charge >= 0.3 is 6.03 Å². The molecule has 0 unspecified atom stereocenters. The molecule has 0 saturated carbocycles. The Bertz CT molecular complexity index is 703. The third-order valence-corrected chi connectivity index (χ3v) is 3.28. The lowest BCUT2D eigenvalue weighted by Crippen LogP contribution is -2.23. The first-order valence-electron chi connectivity index (χ1n) is 6.63. The van der Waals surface area contributed by atoms with Crippen molar-refractivity contribution in [1.29, 1.82) is 0 Å². The molecule has 0 fully saturated rings. The van der Waals surface area contributed by atoms with E-state index in [1.165, 1.54) is 11.8 Å². The minimum Gasteiger partial charge on any atom is -0.316 e.